The maximum absolute atomic E-state index is 13.2. The quantitative estimate of drug-likeness (QED) is 0.511. The Kier molecular flexibility index (Phi) is 4.83. The van der Waals surface area contributed by atoms with Gasteiger partial charge in [-0.15, -0.1) is 0 Å². The molecule has 0 radical (unpaired) electrons. The van der Waals surface area contributed by atoms with Crippen LogP contribution in [-0.4, -0.2) is 28.0 Å². The molecule has 2 aromatic carbocycles. The summed E-state index contributed by atoms with van der Waals surface area (Å²) in [5.74, 6) is 0.815. The first-order chi connectivity index (χ1) is 12.6. The molecule has 0 spiro atoms. The first kappa shape index (κ1) is 17.3. The van der Waals surface area contributed by atoms with E-state index >= 15 is 0 Å². The highest BCUT2D eigenvalue weighted by Gasteiger charge is 2.19. The maximum atomic E-state index is 13.2. The Bertz CT molecular complexity index is 1010. The summed E-state index contributed by atoms with van der Waals surface area (Å²) < 4.78 is 7.48. The van der Waals surface area contributed by atoms with Gasteiger partial charge in [0.2, 0.25) is 0 Å². The van der Waals surface area contributed by atoms with Crippen molar-refractivity contribution in [2.45, 2.75) is 37.9 Å². The number of thioether (sulfide) groups is 1. The lowest BCUT2D eigenvalue weighted by Gasteiger charge is -2.15. The van der Waals surface area contributed by atoms with Crippen LogP contribution in [0.5, 0.6) is 0 Å². The Balaban J connectivity index is 1.84. The molecular formula is C21H22N2O2S. The van der Waals surface area contributed by atoms with Crippen molar-refractivity contribution in [3.8, 4) is 5.69 Å². The summed E-state index contributed by atoms with van der Waals surface area (Å²) in [6.07, 6.45) is 2.44. The zero-order valence-electron chi connectivity index (χ0n) is 15.1. The molecule has 1 aliphatic heterocycles. The summed E-state index contributed by atoms with van der Waals surface area (Å²) in [6.45, 7) is 4.98. The molecule has 0 aliphatic carbocycles. The molecule has 26 heavy (non-hydrogen) atoms. The molecule has 0 amide bonds. The number of hydrogen-bond acceptors (Lipinski definition) is 4. The molecule has 1 saturated heterocycles. The summed E-state index contributed by atoms with van der Waals surface area (Å²) in [5, 5.41) is 1.37. The minimum Gasteiger partial charge on any atom is -0.377 e. The average Bonchev–Trinajstić information content (AvgIpc) is 3.16. The molecule has 4 rings (SSSR count). The molecule has 0 N–H and O–H groups in total. The molecule has 1 aromatic heterocycles. The number of para-hydroxylation sites is 1. The molecule has 2 heterocycles. The van der Waals surface area contributed by atoms with E-state index in [1.165, 1.54) is 5.56 Å². The number of rotatable bonds is 4. The number of benzene rings is 2. The molecule has 0 saturated carbocycles. The number of ether oxygens (including phenoxy) is 1. The third-order valence-electron chi connectivity index (χ3n) is 4.92. The first-order valence-corrected chi connectivity index (χ1v) is 9.96. The van der Waals surface area contributed by atoms with Crippen LogP contribution in [0.3, 0.4) is 0 Å². The number of aryl methyl sites for hydroxylation is 2. The van der Waals surface area contributed by atoms with Crippen LogP contribution in [0.25, 0.3) is 16.6 Å². The van der Waals surface area contributed by atoms with Gasteiger partial charge in [-0.05, 0) is 62.1 Å². The van der Waals surface area contributed by atoms with Gasteiger partial charge < -0.3 is 4.74 Å². The molecule has 0 bridgehead atoms. The molecule has 3 aromatic rings. The van der Waals surface area contributed by atoms with E-state index in [0.29, 0.717) is 5.39 Å². The van der Waals surface area contributed by atoms with Gasteiger partial charge in [0.25, 0.3) is 5.56 Å². The summed E-state index contributed by atoms with van der Waals surface area (Å²) >= 11 is 1.61. The van der Waals surface area contributed by atoms with Crippen molar-refractivity contribution in [3.05, 3.63) is 63.9 Å². The molecule has 1 aliphatic rings. The van der Waals surface area contributed by atoms with Crippen LogP contribution in [-0.2, 0) is 4.74 Å². The van der Waals surface area contributed by atoms with Crippen molar-refractivity contribution >= 4 is 22.7 Å². The van der Waals surface area contributed by atoms with Gasteiger partial charge in [0, 0.05) is 12.4 Å². The fraction of sp³-hybridized carbons (Fsp3) is 0.333. The monoisotopic (exact) mass is 366 g/mol. The summed E-state index contributed by atoms with van der Waals surface area (Å²) in [5.41, 5.74) is 3.97. The highest BCUT2D eigenvalue weighted by Crippen LogP contribution is 2.26. The maximum Gasteiger partial charge on any atom is 0.266 e. The van der Waals surface area contributed by atoms with E-state index in [4.69, 9.17) is 9.72 Å². The largest absolute Gasteiger partial charge is 0.377 e. The molecule has 1 atom stereocenters. The zero-order valence-corrected chi connectivity index (χ0v) is 15.9. The van der Waals surface area contributed by atoms with Crippen molar-refractivity contribution in [2.75, 3.05) is 12.4 Å². The van der Waals surface area contributed by atoms with Crippen LogP contribution in [0.2, 0.25) is 0 Å². The second kappa shape index (κ2) is 7.25. The number of hydrogen-bond donors (Lipinski definition) is 0. The van der Waals surface area contributed by atoms with Gasteiger partial charge in [-0.2, -0.15) is 0 Å². The fourth-order valence-electron chi connectivity index (χ4n) is 3.24. The normalized spacial score (nSPS) is 17.1. The number of fused-ring (bicyclic) bond motifs is 1. The van der Waals surface area contributed by atoms with Crippen molar-refractivity contribution in [1.29, 1.82) is 0 Å². The second-order valence-corrected chi connectivity index (χ2v) is 7.75. The lowest BCUT2D eigenvalue weighted by Crippen LogP contribution is -2.22. The summed E-state index contributed by atoms with van der Waals surface area (Å²) in [6, 6.07) is 13.7. The van der Waals surface area contributed by atoms with Crippen LogP contribution < -0.4 is 5.56 Å². The van der Waals surface area contributed by atoms with E-state index in [9.17, 15) is 4.79 Å². The van der Waals surface area contributed by atoms with E-state index in [0.717, 1.165) is 47.1 Å². The van der Waals surface area contributed by atoms with E-state index in [1.807, 2.05) is 30.3 Å². The topological polar surface area (TPSA) is 44.1 Å². The third-order valence-corrected chi connectivity index (χ3v) is 5.99. The number of nitrogens with zero attached hydrogens (tertiary/aromatic N) is 2. The Morgan fingerprint density at radius 3 is 2.81 bits per heavy atom. The number of aromatic nitrogens is 2. The smallest absolute Gasteiger partial charge is 0.266 e. The van der Waals surface area contributed by atoms with E-state index < -0.39 is 0 Å². The van der Waals surface area contributed by atoms with Gasteiger partial charge in [0.05, 0.1) is 22.7 Å². The molecule has 1 fully saturated rings. The van der Waals surface area contributed by atoms with Gasteiger partial charge in [0.1, 0.15) is 0 Å². The van der Waals surface area contributed by atoms with Crippen LogP contribution in [0.15, 0.2) is 52.4 Å². The van der Waals surface area contributed by atoms with Crippen LogP contribution >= 0.6 is 11.8 Å². The Hall–Kier alpha value is -2.11. The van der Waals surface area contributed by atoms with Crippen molar-refractivity contribution in [1.82, 2.24) is 9.55 Å². The lowest BCUT2D eigenvalue weighted by atomic mass is 10.1. The van der Waals surface area contributed by atoms with E-state index in [-0.39, 0.29) is 11.7 Å². The van der Waals surface area contributed by atoms with Gasteiger partial charge >= 0.3 is 0 Å². The second-order valence-electron chi connectivity index (χ2n) is 6.77. The van der Waals surface area contributed by atoms with Gasteiger partial charge in [-0.1, -0.05) is 30.0 Å². The van der Waals surface area contributed by atoms with E-state index in [1.54, 1.807) is 16.3 Å². The molecule has 4 nitrogen and oxygen atoms in total. The van der Waals surface area contributed by atoms with Gasteiger partial charge in [-0.25, -0.2) is 4.98 Å². The Morgan fingerprint density at radius 1 is 1.19 bits per heavy atom. The van der Waals surface area contributed by atoms with Crippen LogP contribution in [0.1, 0.15) is 24.0 Å². The summed E-state index contributed by atoms with van der Waals surface area (Å²) in [4.78, 5) is 18.0. The van der Waals surface area contributed by atoms with Crippen molar-refractivity contribution in [2.24, 2.45) is 0 Å². The Morgan fingerprint density at radius 2 is 2.04 bits per heavy atom. The lowest BCUT2D eigenvalue weighted by molar-refractivity contribution is 0.129. The highest BCUT2D eigenvalue weighted by atomic mass is 32.2. The van der Waals surface area contributed by atoms with Crippen LogP contribution in [0, 0.1) is 13.8 Å². The minimum absolute atomic E-state index is 0.0197. The predicted octanol–water partition coefficient (Wildman–Crippen LogP) is 4.27. The van der Waals surface area contributed by atoms with Gasteiger partial charge in [-0.3, -0.25) is 9.36 Å². The van der Waals surface area contributed by atoms with E-state index in [2.05, 4.69) is 26.0 Å². The molecule has 5 heteroatoms. The molecule has 134 valence electrons. The van der Waals surface area contributed by atoms with Gasteiger partial charge in [0.15, 0.2) is 5.16 Å². The fourth-order valence-corrected chi connectivity index (χ4v) is 4.32. The molecular weight excluding hydrogens is 344 g/mol. The standard InChI is InChI=1S/C21H22N2O2S/c1-14-9-10-16(12-15(14)2)23-20(24)18-7-3-4-8-19(18)22-21(23)26-13-17-6-5-11-25-17/h3-4,7-10,12,17H,5-6,11,13H2,1-2H3/t17-/m1/s1. The minimum atomic E-state index is -0.0197. The van der Waals surface area contributed by atoms with Crippen LogP contribution in [0.4, 0.5) is 0 Å². The Labute approximate surface area is 157 Å². The third kappa shape index (κ3) is 3.29. The molecule has 0 unspecified atom stereocenters. The van der Waals surface area contributed by atoms with Crippen molar-refractivity contribution < 1.29 is 4.74 Å². The van der Waals surface area contributed by atoms with Crippen molar-refractivity contribution in [3.63, 3.8) is 0 Å². The summed E-state index contributed by atoms with van der Waals surface area (Å²) in [7, 11) is 0. The average molecular weight is 366 g/mol. The predicted molar refractivity (Wildman–Crippen MR) is 107 cm³/mol. The SMILES string of the molecule is Cc1ccc(-n2c(SC[C@H]3CCCO3)nc3ccccc3c2=O)cc1C. The zero-order chi connectivity index (χ0) is 18.1. The highest BCUT2D eigenvalue weighted by molar-refractivity contribution is 7.99. The first-order valence-electron chi connectivity index (χ1n) is 8.97.